The van der Waals surface area contributed by atoms with E-state index >= 15 is 0 Å². The summed E-state index contributed by atoms with van der Waals surface area (Å²) in [6.45, 7) is 4.50. The average molecular weight is 239 g/mol. The molecule has 1 heterocycles. The number of amides is 1. The van der Waals surface area contributed by atoms with E-state index in [2.05, 4.69) is 10.2 Å². The van der Waals surface area contributed by atoms with Gasteiger partial charge in [-0.2, -0.15) is 0 Å². The van der Waals surface area contributed by atoms with Gasteiger partial charge in [-0.15, -0.1) is 0 Å². The molecule has 0 aromatic carbocycles. The van der Waals surface area contributed by atoms with E-state index in [9.17, 15) is 4.79 Å². The fourth-order valence-electron chi connectivity index (χ4n) is 2.96. The Morgan fingerprint density at radius 1 is 1.41 bits per heavy atom. The van der Waals surface area contributed by atoms with Gasteiger partial charge in [0.05, 0.1) is 0 Å². The zero-order valence-electron chi connectivity index (χ0n) is 10.8. The molecule has 17 heavy (non-hydrogen) atoms. The minimum Gasteiger partial charge on any atom is -0.352 e. The van der Waals surface area contributed by atoms with E-state index in [1.54, 1.807) is 0 Å². The Hall–Kier alpha value is -0.610. The molecule has 0 aromatic rings. The Bertz CT molecular complexity index is 263. The molecular formula is C13H25N3O. The number of carbonyl (C=O) groups is 1. The molecule has 2 atom stereocenters. The normalized spacial score (nSPS) is 28.5. The summed E-state index contributed by atoms with van der Waals surface area (Å²) in [6.07, 6.45) is 6.55. The largest absolute Gasteiger partial charge is 0.352 e. The van der Waals surface area contributed by atoms with Gasteiger partial charge in [0.15, 0.2) is 0 Å². The van der Waals surface area contributed by atoms with Crippen LogP contribution in [-0.2, 0) is 4.79 Å². The third kappa shape index (κ3) is 3.19. The predicted molar refractivity (Wildman–Crippen MR) is 68.6 cm³/mol. The Balaban J connectivity index is 1.75. The molecule has 3 N–H and O–H groups in total. The summed E-state index contributed by atoms with van der Waals surface area (Å²) in [4.78, 5) is 14.3. The van der Waals surface area contributed by atoms with Crippen molar-refractivity contribution in [1.82, 2.24) is 10.2 Å². The summed E-state index contributed by atoms with van der Waals surface area (Å²) >= 11 is 0. The van der Waals surface area contributed by atoms with Gasteiger partial charge in [-0.05, 0) is 19.3 Å². The third-order valence-corrected chi connectivity index (χ3v) is 4.21. The Labute approximate surface area is 104 Å². The molecule has 4 nitrogen and oxygen atoms in total. The monoisotopic (exact) mass is 239 g/mol. The number of hydrogen-bond acceptors (Lipinski definition) is 3. The van der Waals surface area contributed by atoms with E-state index < -0.39 is 0 Å². The van der Waals surface area contributed by atoms with E-state index in [0.29, 0.717) is 12.6 Å². The fraction of sp³-hybridized carbons (Fsp3) is 0.923. The zero-order chi connectivity index (χ0) is 12.3. The lowest BCUT2D eigenvalue weighted by Crippen LogP contribution is -2.42. The second kappa shape index (κ2) is 5.83. The number of hydrogen-bond donors (Lipinski definition) is 2. The van der Waals surface area contributed by atoms with Crippen LogP contribution in [0.25, 0.3) is 0 Å². The quantitative estimate of drug-likeness (QED) is 0.760. The molecule has 1 saturated heterocycles. The van der Waals surface area contributed by atoms with Gasteiger partial charge in [0.25, 0.3) is 0 Å². The van der Waals surface area contributed by atoms with E-state index in [4.69, 9.17) is 5.73 Å². The van der Waals surface area contributed by atoms with Crippen LogP contribution in [0, 0.1) is 5.92 Å². The van der Waals surface area contributed by atoms with Crippen LogP contribution in [0.2, 0.25) is 0 Å². The first kappa shape index (κ1) is 12.8. The highest BCUT2D eigenvalue weighted by Crippen LogP contribution is 2.26. The maximum Gasteiger partial charge on any atom is 0.224 e. The molecule has 1 amide bonds. The first-order valence-electron chi connectivity index (χ1n) is 6.95. The lowest BCUT2D eigenvalue weighted by atomic mass is 10.1. The van der Waals surface area contributed by atoms with E-state index in [1.165, 1.54) is 25.7 Å². The van der Waals surface area contributed by atoms with Gasteiger partial charge in [0.1, 0.15) is 0 Å². The predicted octanol–water partition coefficient (Wildman–Crippen LogP) is 0.714. The molecular weight excluding hydrogens is 214 g/mol. The Kier molecular flexibility index (Phi) is 4.40. The van der Waals surface area contributed by atoms with E-state index in [0.717, 1.165) is 25.6 Å². The van der Waals surface area contributed by atoms with Crippen LogP contribution >= 0.6 is 0 Å². The summed E-state index contributed by atoms with van der Waals surface area (Å²) in [5.74, 6) is 0.0568. The highest BCUT2D eigenvalue weighted by molar-refractivity contribution is 5.78. The number of carbonyl (C=O) groups excluding carboxylic acids is 1. The molecule has 0 bridgehead atoms. The molecule has 0 aromatic heterocycles. The maximum absolute atomic E-state index is 11.7. The molecule has 2 fully saturated rings. The van der Waals surface area contributed by atoms with Gasteiger partial charge in [0.2, 0.25) is 5.91 Å². The van der Waals surface area contributed by atoms with Crippen LogP contribution < -0.4 is 11.1 Å². The molecule has 1 aliphatic heterocycles. The van der Waals surface area contributed by atoms with E-state index in [1.807, 2.05) is 6.92 Å². The van der Waals surface area contributed by atoms with Gasteiger partial charge in [0, 0.05) is 37.6 Å². The van der Waals surface area contributed by atoms with Gasteiger partial charge < -0.3 is 11.1 Å². The van der Waals surface area contributed by atoms with Crippen molar-refractivity contribution < 1.29 is 4.79 Å². The number of rotatable bonds is 4. The Morgan fingerprint density at radius 3 is 2.76 bits per heavy atom. The van der Waals surface area contributed by atoms with Crippen molar-refractivity contribution in [3.8, 4) is 0 Å². The third-order valence-electron chi connectivity index (χ3n) is 4.21. The minimum absolute atomic E-state index is 0.0597. The molecule has 2 rings (SSSR count). The van der Waals surface area contributed by atoms with Crippen molar-refractivity contribution in [2.45, 2.75) is 51.1 Å². The summed E-state index contributed by atoms with van der Waals surface area (Å²) in [6, 6.07) is 1.13. The van der Waals surface area contributed by atoms with Crippen molar-refractivity contribution in [1.29, 1.82) is 0 Å². The second-order valence-corrected chi connectivity index (χ2v) is 5.56. The highest BCUT2D eigenvalue weighted by Gasteiger charge is 2.30. The van der Waals surface area contributed by atoms with Crippen molar-refractivity contribution in [2.75, 3.05) is 19.6 Å². The first-order chi connectivity index (χ1) is 8.20. The lowest BCUT2D eigenvalue weighted by molar-refractivity contribution is -0.124. The van der Waals surface area contributed by atoms with E-state index in [-0.39, 0.29) is 11.8 Å². The van der Waals surface area contributed by atoms with Gasteiger partial charge in [-0.25, -0.2) is 0 Å². The molecule has 4 heteroatoms. The zero-order valence-corrected chi connectivity index (χ0v) is 10.8. The van der Waals surface area contributed by atoms with Crippen LogP contribution in [0.1, 0.15) is 39.0 Å². The number of likely N-dealkylation sites (tertiary alicyclic amines) is 1. The van der Waals surface area contributed by atoms with Gasteiger partial charge in [-0.3, -0.25) is 9.69 Å². The summed E-state index contributed by atoms with van der Waals surface area (Å²) < 4.78 is 0. The average Bonchev–Trinajstić information content (AvgIpc) is 2.97. The second-order valence-electron chi connectivity index (χ2n) is 5.56. The van der Waals surface area contributed by atoms with Gasteiger partial charge >= 0.3 is 0 Å². The lowest BCUT2D eigenvalue weighted by Gasteiger charge is -2.23. The molecule has 2 unspecified atom stereocenters. The Morgan fingerprint density at radius 2 is 2.12 bits per heavy atom. The van der Waals surface area contributed by atoms with Crippen molar-refractivity contribution in [3.63, 3.8) is 0 Å². The standard InChI is InChI=1S/C13H25N3O/c1-10(8-14)13(17)15-11-6-7-16(9-11)12-4-2-3-5-12/h10-12H,2-9,14H2,1H3,(H,15,17). The van der Waals surface area contributed by atoms with Crippen LogP contribution in [0.4, 0.5) is 0 Å². The van der Waals surface area contributed by atoms with Crippen molar-refractivity contribution in [3.05, 3.63) is 0 Å². The molecule has 2 aliphatic rings. The SMILES string of the molecule is CC(CN)C(=O)NC1CCN(C2CCCC2)C1. The molecule has 1 aliphatic carbocycles. The molecule has 98 valence electrons. The number of nitrogens with one attached hydrogen (secondary N) is 1. The summed E-state index contributed by atoms with van der Waals surface area (Å²) in [5.41, 5.74) is 5.50. The van der Waals surface area contributed by atoms with Crippen LogP contribution in [0.5, 0.6) is 0 Å². The van der Waals surface area contributed by atoms with Crippen LogP contribution in [0.3, 0.4) is 0 Å². The van der Waals surface area contributed by atoms with Crippen molar-refractivity contribution in [2.24, 2.45) is 11.7 Å². The maximum atomic E-state index is 11.7. The highest BCUT2D eigenvalue weighted by atomic mass is 16.1. The van der Waals surface area contributed by atoms with Crippen molar-refractivity contribution >= 4 is 5.91 Å². The fourth-order valence-corrected chi connectivity index (χ4v) is 2.96. The smallest absolute Gasteiger partial charge is 0.224 e. The van der Waals surface area contributed by atoms with Gasteiger partial charge in [-0.1, -0.05) is 19.8 Å². The number of nitrogens with zero attached hydrogens (tertiary/aromatic N) is 1. The summed E-state index contributed by atoms with van der Waals surface area (Å²) in [5, 5.41) is 3.12. The summed E-state index contributed by atoms with van der Waals surface area (Å²) in [7, 11) is 0. The minimum atomic E-state index is -0.0597. The number of nitrogens with two attached hydrogens (primary N) is 1. The first-order valence-corrected chi connectivity index (χ1v) is 6.95. The molecule has 1 saturated carbocycles. The molecule has 0 spiro atoms. The topological polar surface area (TPSA) is 58.4 Å². The van der Waals surface area contributed by atoms with Crippen LogP contribution in [0.15, 0.2) is 0 Å². The molecule has 0 radical (unpaired) electrons. The van der Waals surface area contributed by atoms with Crippen LogP contribution in [-0.4, -0.2) is 42.5 Å².